The van der Waals surface area contributed by atoms with Gasteiger partial charge in [-0.2, -0.15) is 5.26 Å². The minimum atomic E-state index is -0.657. The molecule has 302 valence electrons. The number of halogens is 2. The first-order valence-electron chi connectivity index (χ1n) is 19.6. The van der Waals surface area contributed by atoms with Gasteiger partial charge in [0.25, 0.3) is 0 Å². The summed E-state index contributed by atoms with van der Waals surface area (Å²) in [6.45, 7) is 10.3. The lowest BCUT2D eigenvalue weighted by atomic mass is 9.79. The number of aryl methyl sites for hydroxylation is 2. The number of hydrogen-bond acceptors (Lipinski definition) is 8. The number of methoxy groups -OCH3 is 1. The van der Waals surface area contributed by atoms with Gasteiger partial charge < -0.3 is 33.5 Å². The van der Waals surface area contributed by atoms with Gasteiger partial charge in [-0.3, -0.25) is 4.79 Å². The maximum Gasteiger partial charge on any atom is 0.410 e. The number of hydrogen-bond donors (Lipinski definition) is 0. The summed E-state index contributed by atoms with van der Waals surface area (Å²) in [6.07, 6.45) is 4.80. The molecule has 1 saturated carbocycles. The highest BCUT2D eigenvalue weighted by Gasteiger charge is 2.43. The van der Waals surface area contributed by atoms with Gasteiger partial charge in [-0.15, -0.1) is 0 Å². The van der Waals surface area contributed by atoms with Crippen LogP contribution in [0.25, 0.3) is 0 Å². The van der Waals surface area contributed by atoms with Gasteiger partial charge in [0.2, 0.25) is 5.91 Å². The fraction of sp³-hybridized carbons (Fsp3) is 0.523. The van der Waals surface area contributed by atoms with Crippen LogP contribution in [0.4, 0.5) is 4.79 Å². The van der Waals surface area contributed by atoms with Crippen LogP contribution in [0.2, 0.25) is 10.0 Å². The van der Waals surface area contributed by atoms with E-state index in [1.807, 2.05) is 69.0 Å². The molecule has 1 saturated heterocycles. The van der Waals surface area contributed by atoms with E-state index in [0.29, 0.717) is 67.1 Å². The Bertz CT molecular complexity index is 1800. The summed E-state index contributed by atoms with van der Waals surface area (Å²) in [7, 11) is 1.70. The van der Waals surface area contributed by atoms with Crippen molar-refractivity contribution < 1.29 is 33.3 Å². The molecule has 0 N–H and O–H groups in total. The van der Waals surface area contributed by atoms with Gasteiger partial charge in [0.1, 0.15) is 30.3 Å². The van der Waals surface area contributed by atoms with Crippen LogP contribution in [0.1, 0.15) is 87.5 Å². The van der Waals surface area contributed by atoms with Crippen molar-refractivity contribution in [3.05, 3.63) is 86.9 Å². The first-order valence-corrected chi connectivity index (χ1v) is 20.3. The van der Waals surface area contributed by atoms with Crippen molar-refractivity contribution in [2.24, 2.45) is 5.92 Å². The number of unbranched alkanes of at least 4 members (excludes halogenated alkanes) is 1. The molecule has 0 spiro atoms. The number of benzene rings is 3. The number of nitriles is 1. The zero-order valence-electron chi connectivity index (χ0n) is 33.3. The largest absolute Gasteiger partial charge is 0.494 e. The first kappa shape index (κ1) is 43.0. The van der Waals surface area contributed by atoms with E-state index in [1.165, 1.54) is 0 Å². The quantitative estimate of drug-likeness (QED) is 0.117. The number of carbonyl (C=O) groups excluding carboxylic acids is 2. The van der Waals surface area contributed by atoms with Gasteiger partial charge in [-0.1, -0.05) is 41.4 Å². The Morgan fingerprint density at radius 2 is 1.55 bits per heavy atom. The predicted octanol–water partition coefficient (Wildman–Crippen LogP) is 9.55. The monoisotopic (exact) mass is 807 g/mol. The van der Waals surface area contributed by atoms with Gasteiger partial charge in [-0.05, 0) is 131 Å². The van der Waals surface area contributed by atoms with Crippen molar-refractivity contribution >= 4 is 35.2 Å². The Labute approximate surface area is 341 Å². The number of amides is 2. The molecule has 0 aromatic heterocycles. The molecule has 1 aliphatic carbocycles. The van der Waals surface area contributed by atoms with Crippen LogP contribution in [0, 0.1) is 24.2 Å². The van der Waals surface area contributed by atoms with Crippen molar-refractivity contribution in [2.75, 3.05) is 46.6 Å². The number of rotatable bonds is 18. The van der Waals surface area contributed by atoms with Crippen molar-refractivity contribution in [1.82, 2.24) is 9.80 Å². The lowest BCUT2D eigenvalue weighted by molar-refractivity contribution is -0.139. The van der Waals surface area contributed by atoms with Crippen LogP contribution >= 0.6 is 23.2 Å². The van der Waals surface area contributed by atoms with E-state index in [2.05, 4.69) is 12.1 Å². The highest BCUT2D eigenvalue weighted by Crippen LogP contribution is 2.39. The average Bonchev–Trinajstić information content (AvgIpc) is 4.00. The smallest absolute Gasteiger partial charge is 0.410 e. The molecule has 2 amide bonds. The fourth-order valence-electron chi connectivity index (χ4n) is 7.02. The van der Waals surface area contributed by atoms with E-state index in [1.54, 1.807) is 24.1 Å². The van der Waals surface area contributed by atoms with Crippen molar-refractivity contribution in [1.29, 1.82) is 5.26 Å². The maximum absolute atomic E-state index is 14.9. The highest BCUT2D eigenvalue weighted by molar-refractivity contribution is 6.37. The van der Waals surface area contributed by atoms with Gasteiger partial charge in [0.15, 0.2) is 5.75 Å². The van der Waals surface area contributed by atoms with E-state index in [4.69, 9.17) is 52.1 Å². The van der Waals surface area contributed by atoms with E-state index in [0.717, 1.165) is 53.7 Å². The molecule has 12 heteroatoms. The topological polar surface area (TPSA) is 111 Å². The Morgan fingerprint density at radius 3 is 2.21 bits per heavy atom. The van der Waals surface area contributed by atoms with E-state index in [-0.39, 0.29) is 37.6 Å². The molecule has 0 radical (unpaired) electrons. The van der Waals surface area contributed by atoms with Gasteiger partial charge in [0.05, 0.1) is 28.6 Å². The van der Waals surface area contributed by atoms with Crippen molar-refractivity contribution in [3.8, 4) is 23.3 Å². The molecule has 56 heavy (non-hydrogen) atoms. The summed E-state index contributed by atoms with van der Waals surface area (Å²) < 4.78 is 29.0. The van der Waals surface area contributed by atoms with Gasteiger partial charge >= 0.3 is 6.09 Å². The van der Waals surface area contributed by atoms with Crippen LogP contribution < -0.4 is 14.2 Å². The first-order chi connectivity index (χ1) is 26.8. The molecule has 0 unspecified atom stereocenters. The lowest BCUT2D eigenvalue weighted by Crippen LogP contribution is -2.51. The Morgan fingerprint density at radius 1 is 0.875 bits per heavy atom. The zero-order valence-corrected chi connectivity index (χ0v) is 34.8. The number of likely N-dealkylation sites (tertiary alicyclic amines) is 1. The summed E-state index contributed by atoms with van der Waals surface area (Å²) in [4.78, 5) is 31.9. The van der Waals surface area contributed by atoms with Gasteiger partial charge in [-0.25, -0.2) is 4.79 Å². The third kappa shape index (κ3) is 12.7. The molecule has 1 aliphatic heterocycles. The average molecular weight is 809 g/mol. The second-order valence-corrected chi connectivity index (χ2v) is 16.5. The Balaban J connectivity index is 1.33. The third-order valence-corrected chi connectivity index (χ3v) is 10.4. The van der Waals surface area contributed by atoms with Crippen LogP contribution in [0.15, 0.2) is 54.6 Å². The number of piperidine rings is 1. The molecule has 3 aromatic rings. The molecular weight excluding hydrogens is 753 g/mol. The molecule has 5 rings (SSSR count). The van der Waals surface area contributed by atoms with E-state index < -0.39 is 17.6 Å². The standard InChI is InChI=1S/C44H55Cl2N3O7/c1-30-23-39(45)41(40(46)24-30)55-22-21-54-35-14-10-33(11-15-35)37-16-18-48(43(51)56-44(2,3)4)29-38(37)42(50)49(34-12-13-34)28-32-25-31(9-8-19-52-5)26-36(27-32)53-20-7-6-17-47/h10-11,14-15,23-27,34,37-38H,6-9,12-13,16,18-22,28-29H2,1-5H3/t37-,38+/m1/s1. The Hall–Kier alpha value is -4.17. The summed E-state index contributed by atoms with van der Waals surface area (Å²) in [6, 6.07) is 20.0. The van der Waals surface area contributed by atoms with Crippen LogP contribution in [-0.2, 0) is 27.2 Å². The SMILES string of the molecule is COCCCc1cc(CN(C(=O)[C@H]2CN(C(=O)OC(C)(C)C)CC[C@@H]2c2ccc(OCCOc3c(Cl)cc(C)cc3Cl)cc2)C2CC2)cc(OCCCC#N)c1. The molecule has 2 fully saturated rings. The number of ether oxygens (including phenoxy) is 5. The fourth-order valence-corrected chi connectivity index (χ4v) is 7.73. The van der Waals surface area contributed by atoms with Crippen LogP contribution in [-0.4, -0.2) is 80.1 Å². The molecule has 1 heterocycles. The third-order valence-electron chi connectivity index (χ3n) is 9.80. The number of carbonyl (C=O) groups is 2. The molecule has 2 aliphatic rings. The minimum Gasteiger partial charge on any atom is -0.494 e. The maximum atomic E-state index is 14.9. The summed E-state index contributed by atoms with van der Waals surface area (Å²) in [5.41, 5.74) is 3.41. The normalized spacial score (nSPS) is 16.9. The van der Waals surface area contributed by atoms with E-state index >= 15 is 0 Å². The minimum absolute atomic E-state index is 0.0259. The molecule has 0 bridgehead atoms. The predicted molar refractivity (Wildman–Crippen MR) is 218 cm³/mol. The molecule has 2 atom stereocenters. The van der Waals surface area contributed by atoms with Crippen LogP contribution in [0.3, 0.4) is 0 Å². The van der Waals surface area contributed by atoms with Gasteiger partial charge in [0, 0.05) is 45.8 Å². The lowest BCUT2D eigenvalue weighted by Gasteiger charge is -2.40. The second-order valence-electron chi connectivity index (χ2n) is 15.6. The van der Waals surface area contributed by atoms with E-state index in [9.17, 15) is 9.59 Å². The summed E-state index contributed by atoms with van der Waals surface area (Å²) in [5.74, 6) is 1.26. The summed E-state index contributed by atoms with van der Waals surface area (Å²) in [5, 5.41) is 9.89. The molecule has 3 aromatic carbocycles. The highest BCUT2D eigenvalue weighted by atomic mass is 35.5. The van der Waals surface area contributed by atoms with Crippen molar-refractivity contribution in [2.45, 2.75) is 96.7 Å². The number of nitrogens with zero attached hydrogens (tertiary/aromatic N) is 3. The van der Waals surface area contributed by atoms with Crippen molar-refractivity contribution in [3.63, 3.8) is 0 Å². The summed E-state index contributed by atoms with van der Waals surface area (Å²) >= 11 is 12.7. The molecular formula is C44H55Cl2N3O7. The Kier molecular flexibility index (Phi) is 15.6. The zero-order chi connectivity index (χ0) is 40.2. The second kappa shape index (κ2) is 20.3. The van der Waals surface area contributed by atoms with Crippen LogP contribution in [0.5, 0.6) is 17.2 Å². The molecule has 10 nitrogen and oxygen atoms in total.